The minimum absolute atomic E-state index is 0.118. The number of imidazole rings is 1. The molecule has 1 aliphatic rings. The molecule has 3 aromatic rings. The molecule has 3 amide bonds. The van der Waals surface area contributed by atoms with Crippen molar-refractivity contribution in [1.29, 1.82) is 0 Å². The lowest BCUT2D eigenvalue weighted by atomic mass is 10.1. The highest BCUT2D eigenvalue weighted by atomic mass is 19.4. The highest BCUT2D eigenvalue weighted by molar-refractivity contribution is 5.93. The summed E-state index contributed by atoms with van der Waals surface area (Å²) in [6.45, 7) is 6.14. The second kappa shape index (κ2) is 11.5. The molecular formula is C28H32F3N5O3. The molecule has 0 aliphatic carbocycles. The number of benzene rings is 2. The van der Waals surface area contributed by atoms with Gasteiger partial charge in [-0.25, -0.2) is 9.78 Å². The Morgan fingerprint density at radius 3 is 2.36 bits per heavy atom. The van der Waals surface area contributed by atoms with Gasteiger partial charge in [0.05, 0.1) is 17.4 Å². The van der Waals surface area contributed by atoms with Crippen molar-refractivity contribution in [3.05, 3.63) is 66.4 Å². The molecule has 0 spiro atoms. The largest absolute Gasteiger partial charge is 0.416 e. The first-order valence-electron chi connectivity index (χ1n) is 12.7. The highest BCUT2D eigenvalue weighted by Crippen LogP contribution is 2.31. The van der Waals surface area contributed by atoms with Gasteiger partial charge >= 0.3 is 12.2 Å². The van der Waals surface area contributed by atoms with Crippen molar-refractivity contribution < 1.29 is 27.5 Å². The molecule has 1 fully saturated rings. The van der Waals surface area contributed by atoms with Gasteiger partial charge in [0.1, 0.15) is 6.54 Å². The van der Waals surface area contributed by atoms with Gasteiger partial charge in [0.25, 0.3) is 0 Å². The quantitative estimate of drug-likeness (QED) is 0.413. The second-order valence-electron chi connectivity index (χ2n) is 10.5. The predicted molar refractivity (Wildman–Crippen MR) is 141 cm³/mol. The summed E-state index contributed by atoms with van der Waals surface area (Å²) >= 11 is 0. The molecule has 1 aromatic heterocycles. The zero-order valence-corrected chi connectivity index (χ0v) is 22.1. The fraction of sp³-hybridized carbons (Fsp3) is 0.393. The van der Waals surface area contributed by atoms with Gasteiger partial charge in [-0.1, -0.05) is 30.3 Å². The molecular weight excluding hydrogens is 511 g/mol. The summed E-state index contributed by atoms with van der Waals surface area (Å²) in [6, 6.07) is 13.4. The Bertz CT molecular complexity index is 1280. The summed E-state index contributed by atoms with van der Waals surface area (Å²) in [7, 11) is 0. The minimum Gasteiger partial charge on any atom is -0.376 e. The van der Waals surface area contributed by atoms with Crippen LogP contribution in [0.25, 0.3) is 16.9 Å². The van der Waals surface area contributed by atoms with Crippen LogP contribution in [0, 0.1) is 0 Å². The monoisotopic (exact) mass is 543 g/mol. The Morgan fingerprint density at radius 2 is 1.77 bits per heavy atom. The van der Waals surface area contributed by atoms with Gasteiger partial charge in [0.15, 0.2) is 0 Å². The number of ether oxygens (including phenoxy) is 1. The minimum atomic E-state index is -4.47. The molecule has 2 N–H and O–H groups in total. The van der Waals surface area contributed by atoms with Crippen LogP contribution in [0.2, 0.25) is 0 Å². The second-order valence-corrected chi connectivity index (χ2v) is 10.5. The molecule has 0 radical (unpaired) electrons. The van der Waals surface area contributed by atoms with Crippen LogP contribution in [0.3, 0.4) is 0 Å². The van der Waals surface area contributed by atoms with Crippen molar-refractivity contribution in [3.8, 4) is 16.9 Å². The molecule has 39 heavy (non-hydrogen) atoms. The predicted octanol–water partition coefficient (Wildman–Crippen LogP) is 5.49. The Kier molecular flexibility index (Phi) is 8.29. The molecule has 0 bridgehead atoms. The maximum absolute atomic E-state index is 13.2. The van der Waals surface area contributed by atoms with Crippen LogP contribution in [0.5, 0.6) is 0 Å². The Hall–Kier alpha value is -3.86. The van der Waals surface area contributed by atoms with Gasteiger partial charge in [-0.3, -0.25) is 14.7 Å². The molecule has 4 rings (SSSR count). The maximum Gasteiger partial charge on any atom is 0.416 e. The third-order valence-corrected chi connectivity index (χ3v) is 6.05. The van der Waals surface area contributed by atoms with E-state index in [1.807, 2.05) is 51.1 Å². The SMILES string of the molecule is CC(C)(C)NC(=O)N(CC(=O)Nc1nc(-c2ccccc2)cn1-c1ccc(C(F)(F)F)cc1)CC1CCCO1. The van der Waals surface area contributed by atoms with Crippen LogP contribution in [0.4, 0.5) is 23.9 Å². The third-order valence-electron chi connectivity index (χ3n) is 6.05. The number of anilines is 1. The smallest absolute Gasteiger partial charge is 0.376 e. The molecule has 2 heterocycles. The molecule has 11 heteroatoms. The van der Waals surface area contributed by atoms with Gasteiger partial charge in [-0.2, -0.15) is 13.2 Å². The van der Waals surface area contributed by atoms with Crippen molar-refractivity contribution in [2.45, 2.75) is 51.4 Å². The van der Waals surface area contributed by atoms with Crippen molar-refractivity contribution in [3.63, 3.8) is 0 Å². The van der Waals surface area contributed by atoms with E-state index < -0.39 is 29.2 Å². The fourth-order valence-electron chi connectivity index (χ4n) is 4.22. The average Bonchev–Trinajstić information content (AvgIpc) is 3.53. The van der Waals surface area contributed by atoms with Gasteiger partial charge in [-0.15, -0.1) is 0 Å². The summed E-state index contributed by atoms with van der Waals surface area (Å²) in [4.78, 5) is 32.1. The lowest BCUT2D eigenvalue weighted by molar-refractivity contribution is -0.137. The van der Waals surface area contributed by atoms with E-state index in [0.717, 1.165) is 30.5 Å². The molecule has 1 saturated heterocycles. The van der Waals surface area contributed by atoms with Gasteiger partial charge in [0.2, 0.25) is 11.9 Å². The number of urea groups is 1. The normalized spacial score (nSPS) is 15.7. The number of halogens is 3. The van der Waals surface area contributed by atoms with E-state index in [1.165, 1.54) is 21.6 Å². The van der Waals surface area contributed by atoms with E-state index >= 15 is 0 Å². The van der Waals surface area contributed by atoms with Crippen molar-refractivity contribution in [2.75, 3.05) is 25.0 Å². The zero-order valence-electron chi connectivity index (χ0n) is 22.1. The lowest BCUT2D eigenvalue weighted by Gasteiger charge is -2.29. The standard InChI is InChI=1S/C28H32F3N5O3/c1-27(2,3)34-26(38)35(16-22-10-7-15-39-22)18-24(37)33-25-32-23(19-8-5-4-6-9-19)17-36(25)21-13-11-20(12-14-21)28(29,30)31/h4-6,8-9,11-14,17,22H,7,10,15-16,18H2,1-3H3,(H,34,38)(H,32,33,37). The van der Waals surface area contributed by atoms with Crippen LogP contribution >= 0.6 is 0 Å². The van der Waals surface area contributed by atoms with Gasteiger partial charge < -0.3 is 15.0 Å². The summed E-state index contributed by atoms with van der Waals surface area (Å²) < 4.78 is 46.5. The van der Waals surface area contributed by atoms with Crippen molar-refractivity contribution in [1.82, 2.24) is 19.8 Å². The van der Waals surface area contributed by atoms with Crippen LogP contribution in [-0.4, -0.2) is 57.7 Å². The number of rotatable bonds is 7. The number of carbonyl (C=O) groups is 2. The molecule has 1 aliphatic heterocycles. The molecule has 1 atom stereocenters. The molecule has 208 valence electrons. The van der Waals surface area contributed by atoms with E-state index in [-0.39, 0.29) is 25.1 Å². The Labute approximate surface area is 225 Å². The Morgan fingerprint density at radius 1 is 1.08 bits per heavy atom. The number of aromatic nitrogens is 2. The van der Waals surface area contributed by atoms with Crippen LogP contribution in [-0.2, 0) is 15.7 Å². The topological polar surface area (TPSA) is 88.5 Å². The van der Waals surface area contributed by atoms with E-state index in [4.69, 9.17) is 4.74 Å². The summed E-state index contributed by atoms with van der Waals surface area (Å²) in [5, 5.41) is 5.63. The van der Waals surface area contributed by atoms with E-state index in [0.29, 0.717) is 18.0 Å². The number of alkyl halides is 3. The van der Waals surface area contributed by atoms with Crippen molar-refractivity contribution >= 4 is 17.9 Å². The Balaban J connectivity index is 1.60. The third kappa shape index (κ3) is 7.60. The highest BCUT2D eigenvalue weighted by Gasteiger charge is 2.30. The van der Waals surface area contributed by atoms with E-state index in [2.05, 4.69) is 15.6 Å². The number of hydrogen-bond acceptors (Lipinski definition) is 4. The molecule has 0 saturated carbocycles. The number of hydrogen-bond donors (Lipinski definition) is 2. The van der Waals surface area contributed by atoms with Crippen LogP contribution < -0.4 is 10.6 Å². The first-order chi connectivity index (χ1) is 18.4. The first kappa shape index (κ1) is 28.2. The average molecular weight is 544 g/mol. The number of carbonyl (C=O) groups excluding carboxylic acids is 2. The molecule has 8 nitrogen and oxygen atoms in total. The maximum atomic E-state index is 13.2. The summed E-state index contributed by atoms with van der Waals surface area (Å²) in [5.74, 6) is -0.387. The van der Waals surface area contributed by atoms with E-state index in [1.54, 1.807) is 6.20 Å². The summed E-state index contributed by atoms with van der Waals surface area (Å²) in [5.41, 5.74) is 0.381. The van der Waals surface area contributed by atoms with Gasteiger partial charge in [-0.05, 0) is 57.9 Å². The number of amides is 3. The number of nitrogens with one attached hydrogen (secondary N) is 2. The molecule has 2 aromatic carbocycles. The molecule has 1 unspecified atom stereocenters. The van der Waals surface area contributed by atoms with Crippen molar-refractivity contribution in [2.24, 2.45) is 0 Å². The summed E-state index contributed by atoms with van der Waals surface area (Å²) in [6.07, 6.45) is -1.32. The number of nitrogens with zero attached hydrogens (tertiary/aromatic N) is 3. The van der Waals surface area contributed by atoms with Crippen LogP contribution in [0.15, 0.2) is 60.8 Å². The van der Waals surface area contributed by atoms with Crippen LogP contribution in [0.1, 0.15) is 39.2 Å². The lowest BCUT2D eigenvalue weighted by Crippen LogP contribution is -2.52. The fourth-order valence-corrected chi connectivity index (χ4v) is 4.22. The zero-order chi connectivity index (χ0) is 28.2. The van der Waals surface area contributed by atoms with Gasteiger partial charge in [0, 0.05) is 36.1 Å². The van der Waals surface area contributed by atoms with E-state index in [9.17, 15) is 22.8 Å². The first-order valence-corrected chi connectivity index (χ1v) is 12.7.